The molecule has 0 aromatic heterocycles. The van der Waals surface area contributed by atoms with Crippen LogP contribution >= 0.6 is 0 Å². The minimum Gasteiger partial charge on any atom is -0.491 e. The number of urea groups is 1. The number of nitrogens with zero attached hydrogens (tertiary/aromatic N) is 1. The molecule has 0 spiro atoms. The Morgan fingerprint density at radius 1 is 1.13 bits per heavy atom. The van der Waals surface area contributed by atoms with Gasteiger partial charge < -0.3 is 15.0 Å². The highest BCUT2D eigenvalue weighted by atomic mass is 16.5. The molecular formula is C23H29N3O4. The average molecular weight is 412 g/mol. The van der Waals surface area contributed by atoms with Crippen molar-refractivity contribution in [1.82, 2.24) is 15.7 Å². The van der Waals surface area contributed by atoms with Crippen molar-refractivity contribution in [1.29, 1.82) is 0 Å². The Hall–Kier alpha value is -2.80. The van der Waals surface area contributed by atoms with E-state index < -0.39 is 5.91 Å². The predicted octanol–water partition coefficient (Wildman–Crippen LogP) is 3.54. The summed E-state index contributed by atoms with van der Waals surface area (Å²) >= 11 is 0. The van der Waals surface area contributed by atoms with Crippen LogP contribution in [0.1, 0.15) is 54.4 Å². The van der Waals surface area contributed by atoms with Gasteiger partial charge in [-0.3, -0.25) is 10.0 Å². The summed E-state index contributed by atoms with van der Waals surface area (Å²) < 4.78 is 6.08. The van der Waals surface area contributed by atoms with Crippen LogP contribution in [-0.2, 0) is 6.54 Å². The maximum Gasteiger partial charge on any atom is 0.318 e. The summed E-state index contributed by atoms with van der Waals surface area (Å²) in [5.41, 5.74) is 2.81. The van der Waals surface area contributed by atoms with Crippen LogP contribution in [0, 0.1) is 5.92 Å². The third-order valence-electron chi connectivity index (χ3n) is 6.28. The molecule has 1 aliphatic heterocycles. The molecular weight excluding hydrogens is 382 g/mol. The Morgan fingerprint density at radius 3 is 2.70 bits per heavy atom. The first-order chi connectivity index (χ1) is 14.7. The molecule has 4 rings (SSSR count). The predicted molar refractivity (Wildman–Crippen MR) is 112 cm³/mol. The van der Waals surface area contributed by atoms with Crippen molar-refractivity contribution < 1.29 is 19.5 Å². The molecule has 1 aromatic rings. The van der Waals surface area contributed by atoms with Gasteiger partial charge in [0.05, 0.1) is 12.6 Å². The molecule has 1 unspecified atom stereocenters. The summed E-state index contributed by atoms with van der Waals surface area (Å²) in [7, 11) is 0. The van der Waals surface area contributed by atoms with E-state index in [1.54, 1.807) is 23.7 Å². The van der Waals surface area contributed by atoms with Crippen molar-refractivity contribution in [3.05, 3.63) is 53.6 Å². The van der Waals surface area contributed by atoms with Gasteiger partial charge in [-0.15, -0.1) is 0 Å². The number of rotatable bonds is 3. The number of carbonyl (C=O) groups is 2. The molecule has 2 atom stereocenters. The third kappa shape index (κ3) is 4.51. The molecule has 3 aliphatic rings. The number of hydrogen-bond acceptors (Lipinski definition) is 4. The van der Waals surface area contributed by atoms with Crippen LogP contribution in [-0.4, -0.2) is 40.7 Å². The number of hydrogen-bond donors (Lipinski definition) is 3. The summed E-state index contributed by atoms with van der Waals surface area (Å²) in [5, 5.41) is 12.2. The highest BCUT2D eigenvalue weighted by Gasteiger charge is 2.34. The van der Waals surface area contributed by atoms with Gasteiger partial charge >= 0.3 is 6.03 Å². The SMILES string of the molecule is O=C(NO)c1ccc2c(c1)OC[C@H](C1C=CC=CC1)N(C(=O)NC1CCCCC1)C2. The molecule has 1 heterocycles. The van der Waals surface area contributed by atoms with E-state index in [1.807, 2.05) is 17.1 Å². The molecule has 0 bridgehead atoms. The van der Waals surface area contributed by atoms with Crippen LogP contribution in [0.15, 0.2) is 42.5 Å². The standard InChI is InChI=1S/C23H29N3O4/c27-22(25-29)17-11-12-18-14-26(23(28)24-19-9-5-2-6-10-19)20(15-30-21(18)13-17)16-7-3-1-4-8-16/h1,3-4,7,11-13,16,19-20,29H,2,5-6,8-10,14-15H2,(H,24,28)(H,25,27)/t16?,20-/m1/s1. The largest absolute Gasteiger partial charge is 0.491 e. The van der Waals surface area contributed by atoms with Gasteiger partial charge in [-0.05, 0) is 31.4 Å². The van der Waals surface area contributed by atoms with Crippen molar-refractivity contribution in [2.75, 3.05) is 6.61 Å². The van der Waals surface area contributed by atoms with E-state index in [1.165, 1.54) is 6.42 Å². The van der Waals surface area contributed by atoms with E-state index in [9.17, 15) is 9.59 Å². The van der Waals surface area contributed by atoms with Crippen LogP contribution in [0.4, 0.5) is 4.79 Å². The highest BCUT2D eigenvalue weighted by molar-refractivity contribution is 5.93. The zero-order chi connectivity index (χ0) is 20.9. The van der Waals surface area contributed by atoms with Gasteiger partial charge in [-0.1, -0.05) is 49.6 Å². The fraction of sp³-hybridized carbons (Fsp3) is 0.478. The van der Waals surface area contributed by atoms with Crippen molar-refractivity contribution in [3.8, 4) is 5.75 Å². The van der Waals surface area contributed by atoms with Crippen LogP contribution in [0.2, 0.25) is 0 Å². The summed E-state index contributed by atoms with van der Waals surface area (Å²) in [6.07, 6.45) is 14.8. The van der Waals surface area contributed by atoms with Crippen LogP contribution in [0.25, 0.3) is 0 Å². The number of benzene rings is 1. The molecule has 160 valence electrons. The van der Waals surface area contributed by atoms with E-state index in [0.29, 0.717) is 24.5 Å². The summed E-state index contributed by atoms with van der Waals surface area (Å²) in [6, 6.07) is 5.11. The van der Waals surface area contributed by atoms with Gasteiger partial charge in [0.2, 0.25) is 0 Å². The van der Waals surface area contributed by atoms with Crippen molar-refractivity contribution >= 4 is 11.9 Å². The van der Waals surface area contributed by atoms with Crippen molar-refractivity contribution in [3.63, 3.8) is 0 Å². The van der Waals surface area contributed by atoms with Crippen molar-refractivity contribution in [2.24, 2.45) is 5.92 Å². The van der Waals surface area contributed by atoms with E-state index >= 15 is 0 Å². The van der Waals surface area contributed by atoms with Gasteiger partial charge in [-0.25, -0.2) is 10.3 Å². The van der Waals surface area contributed by atoms with Gasteiger partial charge in [0.15, 0.2) is 0 Å². The lowest BCUT2D eigenvalue weighted by molar-refractivity contribution is 0.0706. The lowest BCUT2D eigenvalue weighted by Gasteiger charge is -2.35. The second-order valence-corrected chi connectivity index (χ2v) is 8.27. The Balaban J connectivity index is 1.58. The van der Waals surface area contributed by atoms with Crippen LogP contribution in [0.3, 0.4) is 0 Å². The van der Waals surface area contributed by atoms with Crippen LogP contribution in [0.5, 0.6) is 5.75 Å². The minimum absolute atomic E-state index is 0.0523. The first-order valence-electron chi connectivity index (χ1n) is 10.8. The number of nitrogens with one attached hydrogen (secondary N) is 2. The molecule has 3 N–H and O–H groups in total. The summed E-state index contributed by atoms with van der Waals surface area (Å²) in [6.45, 7) is 0.756. The topological polar surface area (TPSA) is 90.9 Å². The Morgan fingerprint density at radius 2 is 1.97 bits per heavy atom. The number of amides is 3. The molecule has 7 heteroatoms. The van der Waals surface area contributed by atoms with Crippen molar-refractivity contribution in [2.45, 2.75) is 57.2 Å². The maximum atomic E-state index is 13.3. The average Bonchev–Trinajstić information content (AvgIpc) is 2.99. The van der Waals surface area contributed by atoms with Gasteiger partial charge in [0, 0.05) is 23.1 Å². The lowest BCUT2D eigenvalue weighted by atomic mass is 9.91. The monoisotopic (exact) mass is 411 g/mol. The third-order valence-corrected chi connectivity index (χ3v) is 6.28. The summed E-state index contributed by atoms with van der Waals surface area (Å²) in [5.74, 6) is 0.153. The van der Waals surface area contributed by atoms with Gasteiger partial charge in [0.1, 0.15) is 12.4 Å². The minimum atomic E-state index is -0.588. The van der Waals surface area contributed by atoms with E-state index in [0.717, 1.165) is 37.7 Å². The molecule has 30 heavy (non-hydrogen) atoms. The van der Waals surface area contributed by atoms with Gasteiger partial charge in [-0.2, -0.15) is 0 Å². The second-order valence-electron chi connectivity index (χ2n) is 8.27. The Labute approximate surface area is 176 Å². The molecule has 3 amide bonds. The van der Waals surface area contributed by atoms with E-state index in [2.05, 4.69) is 17.5 Å². The molecule has 0 saturated heterocycles. The quantitative estimate of drug-likeness (QED) is 0.524. The number of ether oxygens (including phenoxy) is 1. The number of carbonyl (C=O) groups excluding carboxylic acids is 2. The molecule has 1 aromatic carbocycles. The maximum absolute atomic E-state index is 13.3. The molecule has 7 nitrogen and oxygen atoms in total. The number of hydroxylamine groups is 1. The fourth-order valence-electron chi connectivity index (χ4n) is 4.56. The fourth-order valence-corrected chi connectivity index (χ4v) is 4.56. The molecule has 1 fully saturated rings. The smallest absolute Gasteiger partial charge is 0.318 e. The highest BCUT2D eigenvalue weighted by Crippen LogP contribution is 2.31. The molecule has 1 saturated carbocycles. The zero-order valence-corrected chi connectivity index (χ0v) is 17.0. The second kappa shape index (κ2) is 9.34. The van der Waals surface area contributed by atoms with Crippen LogP contribution < -0.4 is 15.5 Å². The first-order valence-corrected chi connectivity index (χ1v) is 10.8. The molecule has 0 radical (unpaired) electrons. The first kappa shape index (κ1) is 20.5. The Kier molecular flexibility index (Phi) is 6.38. The lowest BCUT2D eigenvalue weighted by Crippen LogP contribution is -2.52. The van der Waals surface area contributed by atoms with E-state index in [4.69, 9.17) is 9.94 Å². The van der Waals surface area contributed by atoms with Gasteiger partial charge in [0.25, 0.3) is 5.91 Å². The molecule has 2 aliphatic carbocycles. The number of allylic oxidation sites excluding steroid dienone is 3. The number of fused-ring (bicyclic) bond motifs is 1. The Bertz CT molecular complexity index is 845. The summed E-state index contributed by atoms with van der Waals surface area (Å²) in [4.78, 5) is 27.0. The normalized spacial score (nSPS) is 23.8. The van der Waals surface area contributed by atoms with E-state index in [-0.39, 0.29) is 24.0 Å². The zero-order valence-electron chi connectivity index (χ0n) is 17.0.